The summed E-state index contributed by atoms with van der Waals surface area (Å²) in [5.41, 5.74) is -0.0974. The Balaban J connectivity index is 2.24. The fourth-order valence-corrected chi connectivity index (χ4v) is 3.55. The summed E-state index contributed by atoms with van der Waals surface area (Å²) in [6.07, 6.45) is -3.96. The van der Waals surface area contributed by atoms with Crippen molar-refractivity contribution in [2.75, 3.05) is 6.26 Å². The first-order valence-corrected chi connectivity index (χ1v) is 10.2. The summed E-state index contributed by atoms with van der Waals surface area (Å²) in [7, 11) is -3.84. The van der Waals surface area contributed by atoms with Gasteiger partial charge in [-0.1, -0.05) is 35.3 Å². The van der Waals surface area contributed by atoms with Crippen LogP contribution in [0.2, 0.25) is 10.0 Å². The maximum Gasteiger partial charge on any atom is 0.449 e. The molecule has 0 bridgehead atoms. The topological polar surface area (TPSA) is 62.8 Å². The van der Waals surface area contributed by atoms with Gasteiger partial charge in [0, 0.05) is 17.4 Å². The zero-order chi connectivity index (χ0) is 20.9. The molecule has 1 aromatic heterocycles. The highest BCUT2D eigenvalue weighted by Crippen LogP contribution is 2.38. The molecule has 3 rings (SSSR count). The molecular weight excluding hydrogens is 443 g/mol. The molecule has 0 aliphatic heterocycles. The minimum Gasteiger partial charge on any atom is -0.334 e. The average molecular weight is 453 g/mol. The maximum absolute atomic E-state index is 14.2. The van der Waals surface area contributed by atoms with E-state index in [1.807, 2.05) is 0 Å². The van der Waals surface area contributed by atoms with Crippen molar-refractivity contribution in [3.63, 3.8) is 0 Å². The van der Waals surface area contributed by atoms with Crippen LogP contribution in [-0.2, 0) is 16.0 Å². The lowest BCUT2D eigenvalue weighted by atomic mass is 10.0. The van der Waals surface area contributed by atoms with E-state index in [0.29, 0.717) is 0 Å². The second-order valence-corrected chi connectivity index (χ2v) is 8.65. The van der Waals surface area contributed by atoms with Gasteiger partial charge in [0.05, 0.1) is 21.4 Å². The van der Waals surface area contributed by atoms with Crippen molar-refractivity contribution in [1.29, 1.82) is 0 Å². The molecule has 1 N–H and O–H groups in total. The lowest BCUT2D eigenvalue weighted by Gasteiger charge is -2.07. The third-order valence-corrected chi connectivity index (χ3v) is 5.65. The average Bonchev–Trinajstić information content (AvgIpc) is 3.01. The number of imidazole rings is 1. The van der Waals surface area contributed by atoms with Gasteiger partial charge in [-0.2, -0.15) is 13.2 Å². The quantitative estimate of drug-likeness (QED) is 0.525. The highest BCUT2D eigenvalue weighted by Gasteiger charge is 2.36. The van der Waals surface area contributed by atoms with Crippen LogP contribution < -0.4 is 0 Å². The molecular formula is C17H10Cl2F4N2O2S. The predicted molar refractivity (Wildman–Crippen MR) is 97.5 cm³/mol. The molecule has 0 amide bonds. The number of hydrogen-bond donors (Lipinski definition) is 1. The number of aromatic nitrogens is 2. The van der Waals surface area contributed by atoms with Crippen LogP contribution >= 0.6 is 23.2 Å². The summed E-state index contributed by atoms with van der Waals surface area (Å²) in [5.74, 6) is -2.40. The smallest absolute Gasteiger partial charge is 0.334 e. The second kappa shape index (κ2) is 7.06. The van der Waals surface area contributed by atoms with Crippen molar-refractivity contribution in [2.45, 2.75) is 11.1 Å². The van der Waals surface area contributed by atoms with Crippen molar-refractivity contribution in [3.05, 3.63) is 58.1 Å². The predicted octanol–water partition coefficient (Wildman–Crippen LogP) is 5.61. The molecule has 3 aromatic rings. The Morgan fingerprint density at radius 1 is 1.00 bits per heavy atom. The normalized spacial score (nSPS) is 12.4. The lowest BCUT2D eigenvalue weighted by Crippen LogP contribution is -2.07. The van der Waals surface area contributed by atoms with Gasteiger partial charge in [-0.05, 0) is 24.3 Å². The third kappa shape index (κ3) is 4.01. The molecule has 0 aliphatic rings. The van der Waals surface area contributed by atoms with E-state index in [1.54, 1.807) is 0 Å². The number of aromatic amines is 1. The molecule has 148 valence electrons. The van der Waals surface area contributed by atoms with Crippen molar-refractivity contribution >= 4 is 33.0 Å². The molecule has 2 aromatic carbocycles. The van der Waals surface area contributed by atoms with Crippen LogP contribution in [0.3, 0.4) is 0 Å². The first-order valence-electron chi connectivity index (χ1n) is 7.50. The van der Waals surface area contributed by atoms with E-state index in [9.17, 15) is 26.0 Å². The summed E-state index contributed by atoms with van der Waals surface area (Å²) in [4.78, 5) is 5.14. The van der Waals surface area contributed by atoms with Gasteiger partial charge in [-0.3, -0.25) is 0 Å². The van der Waals surface area contributed by atoms with Crippen LogP contribution in [-0.4, -0.2) is 24.6 Å². The molecule has 0 unspecified atom stereocenters. The van der Waals surface area contributed by atoms with Crippen LogP contribution in [0.15, 0.2) is 41.3 Å². The van der Waals surface area contributed by atoms with E-state index in [2.05, 4.69) is 9.97 Å². The number of hydrogen-bond acceptors (Lipinski definition) is 3. The maximum atomic E-state index is 14.2. The zero-order valence-corrected chi connectivity index (χ0v) is 16.2. The van der Waals surface area contributed by atoms with E-state index >= 15 is 0 Å². The summed E-state index contributed by atoms with van der Waals surface area (Å²) < 4.78 is 76.8. The molecule has 0 spiro atoms. The van der Waals surface area contributed by atoms with Gasteiger partial charge in [-0.15, -0.1) is 0 Å². The summed E-state index contributed by atoms with van der Waals surface area (Å²) >= 11 is 11.8. The number of nitrogens with one attached hydrogen (secondary N) is 1. The molecule has 28 heavy (non-hydrogen) atoms. The number of H-pyrrole nitrogens is 1. The number of nitrogens with zero attached hydrogens (tertiary/aromatic N) is 1. The molecule has 0 fully saturated rings. The van der Waals surface area contributed by atoms with Crippen molar-refractivity contribution in [2.24, 2.45) is 0 Å². The molecule has 0 radical (unpaired) electrons. The largest absolute Gasteiger partial charge is 0.449 e. The molecule has 4 nitrogen and oxygen atoms in total. The second-order valence-electron chi connectivity index (χ2n) is 5.85. The van der Waals surface area contributed by atoms with E-state index in [1.165, 1.54) is 24.3 Å². The molecule has 0 saturated carbocycles. The van der Waals surface area contributed by atoms with Gasteiger partial charge in [0.1, 0.15) is 10.7 Å². The number of benzene rings is 2. The fourth-order valence-electron chi connectivity index (χ4n) is 2.53. The Hall–Kier alpha value is -2.10. The molecule has 0 aliphatic carbocycles. The molecule has 11 heteroatoms. The summed E-state index contributed by atoms with van der Waals surface area (Å²) in [6.45, 7) is 0. The van der Waals surface area contributed by atoms with E-state index in [-0.39, 0.29) is 32.6 Å². The number of alkyl halides is 3. The number of rotatable bonds is 3. The first-order chi connectivity index (χ1) is 12.9. The van der Waals surface area contributed by atoms with Gasteiger partial charge in [0.2, 0.25) is 5.82 Å². The first kappa shape index (κ1) is 20.6. The Morgan fingerprint density at radius 3 is 2.18 bits per heavy atom. The van der Waals surface area contributed by atoms with Gasteiger partial charge in [-0.25, -0.2) is 17.8 Å². The van der Waals surface area contributed by atoms with Crippen LogP contribution in [0, 0.1) is 5.82 Å². The minimum absolute atomic E-state index is 0.0438. The Kier molecular flexibility index (Phi) is 5.20. The number of sulfone groups is 1. The van der Waals surface area contributed by atoms with Crippen LogP contribution in [0.5, 0.6) is 0 Å². The van der Waals surface area contributed by atoms with Crippen molar-refractivity contribution in [1.82, 2.24) is 9.97 Å². The van der Waals surface area contributed by atoms with E-state index in [4.69, 9.17) is 23.2 Å². The molecule has 0 saturated heterocycles. The lowest BCUT2D eigenvalue weighted by molar-refractivity contribution is -0.144. The van der Waals surface area contributed by atoms with Crippen LogP contribution in [0.25, 0.3) is 22.5 Å². The van der Waals surface area contributed by atoms with Gasteiger partial charge in [0.25, 0.3) is 0 Å². The van der Waals surface area contributed by atoms with Gasteiger partial charge >= 0.3 is 6.18 Å². The van der Waals surface area contributed by atoms with E-state index < -0.39 is 32.6 Å². The highest BCUT2D eigenvalue weighted by molar-refractivity contribution is 7.90. The summed E-state index contributed by atoms with van der Waals surface area (Å²) in [6, 6.07) is 7.12. The van der Waals surface area contributed by atoms with Crippen molar-refractivity contribution < 1.29 is 26.0 Å². The SMILES string of the molecule is CS(=O)(=O)c1ccc(-c2nc(C(F)(F)F)[nH]c2-c2ccc(Cl)c(Cl)c2)cc1F. The Morgan fingerprint density at radius 2 is 1.64 bits per heavy atom. The highest BCUT2D eigenvalue weighted by atomic mass is 35.5. The molecule has 0 atom stereocenters. The van der Waals surface area contributed by atoms with Crippen LogP contribution in [0.1, 0.15) is 5.82 Å². The zero-order valence-electron chi connectivity index (χ0n) is 13.9. The Bertz CT molecular complexity index is 1170. The standard InChI is InChI=1S/C17H10Cl2F4N2O2S/c1-28(26,27)13-5-3-9(7-12(13)20)15-14(24-16(25-15)17(21,22)23)8-2-4-10(18)11(19)6-8/h2-7H,1H3,(H,24,25). The molecule has 1 heterocycles. The van der Waals surface area contributed by atoms with Crippen LogP contribution in [0.4, 0.5) is 17.6 Å². The van der Waals surface area contributed by atoms with Gasteiger partial charge in [0.15, 0.2) is 9.84 Å². The summed E-state index contributed by atoms with van der Waals surface area (Å²) in [5, 5.41) is 0.304. The van der Waals surface area contributed by atoms with E-state index in [0.717, 1.165) is 18.4 Å². The van der Waals surface area contributed by atoms with Gasteiger partial charge < -0.3 is 4.98 Å². The monoisotopic (exact) mass is 452 g/mol. The fraction of sp³-hybridized carbons (Fsp3) is 0.118. The number of halogens is 6. The van der Waals surface area contributed by atoms with Crippen molar-refractivity contribution in [3.8, 4) is 22.5 Å². The minimum atomic E-state index is -4.78. The third-order valence-electron chi connectivity index (χ3n) is 3.79. The Labute approximate surface area is 167 Å².